The molecule has 0 bridgehead atoms. The van der Waals surface area contributed by atoms with Crippen LogP contribution in [0.15, 0.2) is 0 Å². The van der Waals surface area contributed by atoms with Crippen molar-refractivity contribution < 1.29 is 0 Å². The van der Waals surface area contributed by atoms with Gasteiger partial charge < -0.3 is 4.90 Å². The zero-order chi connectivity index (χ0) is 5.11. The molecule has 0 aromatic carbocycles. The molecule has 0 saturated heterocycles. The third-order valence-electron chi connectivity index (χ3n) is 0.967. The van der Waals surface area contributed by atoms with E-state index in [-0.39, 0.29) is 0 Å². The molecule has 37 valence electrons. The van der Waals surface area contributed by atoms with Gasteiger partial charge in [-0.25, -0.2) is 0 Å². The molecule has 1 radical (unpaired) electrons. The lowest BCUT2D eigenvalue weighted by molar-refractivity contribution is 0.498. The van der Waals surface area contributed by atoms with Crippen molar-refractivity contribution in [1.82, 2.24) is 4.90 Å². The van der Waals surface area contributed by atoms with Crippen LogP contribution in [0.3, 0.4) is 0 Å². The summed E-state index contributed by atoms with van der Waals surface area (Å²) in [6.45, 7) is 1.03. The van der Waals surface area contributed by atoms with Crippen molar-refractivity contribution in [2.75, 3.05) is 6.54 Å². The Bertz CT molecular complexity index is 107. The first-order valence-corrected chi connectivity index (χ1v) is 2.46. The number of hydrogen-bond acceptors (Lipinski definition) is 1. The second-order valence-corrected chi connectivity index (χ2v) is 1.66. The lowest BCUT2D eigenvalue weighted by atomic mass is 10.3. The quantitative estimate of drug-likeness (QED) is 0.402. The second kappa shape index (κ2) is 1.88. The Kier molecular flexibility index (Phi) is 1.21. The molecule has 0 fully saturated rings. The van der Waals surface area contributed by atoms with Crippen LogP contribution in [-0.4, -0.2) is 11.4 Å². The molecule has 0 saturated carbocycles. The van der Waals surface area contributed by atoms with Crippen molar-refractivity contribution in [1.29, 1.82) is 0 Å². The molecule has 1 heteroatoms. The highest BCUT2D eigenvalue weighted by molar-refractivity contribution is 5.01. The van der Waals surface area contributed by atoms with Crippen LogP contribution < -0.4 is 0 Å². The molecule has 1 heterocycles. The molecule has 1 rings (SSSR count). The summed E-state index contributed by atoms with van der Waals surface area (Å²) < 4.78 is 0. The summed E-state index contributed by atoms with van der Waals surface area (Å²) in [5.41, 5.74) is 0. The molecule has 0 atom stereocenters. The summed E-state index contributed by atoms with van der Waals surface area (Å²) in [4.78, 5) is 1.78. The van der Waals surface area contributed by atoms with E-state index in [4.69, 9.17) is 0 Å². The van der Waals surface area contributed by atoms with E-state index in [0.717, 1.165) is 13.0 Å². The molecule has 0 aliphatic carbocycles. The van der Waals surface area contributed by atoms with Gasteiger partial charge in [0.15, 0.2) is 0 Å². The van der Waals surface area contributed by atoms with Gasteiger partial charge in [-0.3, -0.25) is 0 Å². The molecule has 1 aliphatic rings. The Morgan fingerprint density at radius 3 is 2.71 bits per heavy atom. The van der Waals surface area contributed by atoms with Crippen molar-refractivity contribution >= 4 is 0 Å². The zero-order valence-corrected chi connectivity index (χ0v) is 4.28. The van der Waals surface area contributed by atoms with Crippen LogP contribution >= 0.6 is 0 Å². The average Bonchev–Trinajstić information content (AvgIpc) is 1.69. The van der Waals surface area contributed by atoms with Gasteiger partial charge in [0.2, 0.25) is 0 Å². The molecular formula is C6H8N. The molecule has 0 amide bonds. The largest absolute Gasteiger partial charge is 0.331 e. The standard InChI is InChI=1S/C6H8N/c1-7-5-3-2-4-6-7/h1-3,5H2. The minimum atomic E-state index is 1.03. The Hall–Kier alpha value is -0.640. The lowest BCUT2D eigenvalue weighted by Gasteiger charge is -2.11. The average molecular weight is 94.1 g/mol. The zero-order valence-electron chi connectivity index (χ0n) is 4.28. The Balaban J connectivity index is 2.45. The molecular weight excluding hydrogens is 86.1 g/mol. The van der Waals surface area contributed by atoms with Crippen LogP contribution in [0, 0.1) is 19.0 Å². The fraction of sp³-hybridized carbons (Fsp3) is 0.500. The van der Waals surface area contributed by atoms with Gasteiger partial charge in [-0.1, -0.05) is 5.92 Å². The predicted molar refractivity (Wildman–Crippen MR) is 29.1 cm³/mol. The fourth-order valence-corrected chi connectivity index (χ4v) is 0.582. The summed E-state index contributed by atoms with van der Waals surface area (Å²) in [5.74, 6) is 2.95. The summed E-state index contributed by atoms with van der Waals surface area (Å²) in [7, 11) is 3.66. The predicted octanol–water partition coefficient (Wildman–Crippen LogP) is 0.835. The summed E-state index contributed by atoms with van der Waals surface area (Å²) in [5, 5.41) is 0. The van der Waals surface area contributed by atoms with Gasteiger partial charge >= 0.3 is 0 Å². The van der Waals surface area contributed by atoms with Crippen LogP contribution in [0.25, 0.3) is 0 Å². The van der Waals surface area contributed by atoms with Crippen LogP contribution in [-0.2, 0) is 0 Å². The van der Waals surface area contributed by atoms with Crippen molar-refractivity contribution in [3.63, 3.8) is 0 Å². The van der Waals surface area contributed by atoms with Crippen molar-refractivity contribution in [2.24, 2.45) is 0 Å². The Labute approximate surface area is 44.3 Å². The SMILES string of the molecule is [CH2]N1C#CCCC1. The number of nitrogens with zero attached hydrogens (tertiary/aromatic N) is 1. The van der Waals surface area contributed by atoms with Crippen molar-refractivity contribution in [3.05, 3.63) is 7.05 Å². The van der Waals surface area contributed by atoms with E-state index in [1.54, 1.807) is 4.90 Å². The van der Waals surface area contributed by atoms with Crippen molar-refractivity contribution in [3.8, 4) is 12.0 Å². The Morgan fingerprint density at radius 2 is 2.43 bits per heavy atom. The van der Waals surface area contributed by atoms with E-state index in [9.17, 15) is 0 Å². The van der Waals surface area contributed by atoms with Gasteiger partial charge in [0.1, 0.15) is 0 Å². The van der Waals surface area contributed by atoms with E-state index in [1.165, 1.54) is 6.42 Å². The van der Waals surface area contributed by atoms with Crippen LogP contribution in [0.4, 0.5) is 0 Å². The molecule has 0 aromatic rings. The maximum Gasteiger partial charge on any atom is 0.0443 e. The third-order valence-corrected chi connectivity index (χ3v) is 0.967. The van der Waals surface area contributed by atoms with E-state index in [2.05, 4.69) is 19.0 Å². The summed E-state index contributed by atoms with van der Waals surface area (Å²) in [6.07, 6.45) is 2.22. The van der Waals surface area contributed by atoms with E-state index in [0.29, 0.717) is 0 Å². The molecule has 1 nitrogen and oxygen atoms in total. The maximum atomic E-state index is 3.66. The normalized spacial score (nSPS) is 18.1. The minimum absolute atomic E-state index is 1.03. The van der Waals surface area contributed by atoms with Gasteiger partial charge in [0.05, 0.1) is 0 Å². The highest BCUT2D eigenvalue weighted by Gasteiger charge is 1.93. The lowest BCUT2D eigenvalue weighted by Crippen LogP contribution is -2.12. The van der Waals surface area contributed by atoms with Gasteiger partial charge in [0, 0.05) is 26.1 Å². The Morgan fingerprint density at radius 1 is 1.57 bits per heavy atom. The van der Waals surface area contributed by atoms with Crippen LogP contribution in [0.1, 0.15) is 12.8 Å². The molecule has 0 N–H and O–H groups in total. The van der Waals surface area contributed by atoms with E-state index < -0.39 is 0 Å². The van der Waals surface area contributed by atoms with Gasteiger partial charge in [-0.05, 0) is 6.42 Å². The van der Waals surface area contributed by atoms with Gasteiger partial charge in [0.25, 0.3) is 0 Å². The monoisotopic (exact) mass is 94.1 g/mol. The maximum absolute atomic E-state index is 3.66. The number of hydrogen-bond donors (Lipinski definition) is 0. The van der Waals surface area contributed by atoms with Crippen molar-refractivity contribution in [2.45, 2.75) is 12.8 Å². The number of rotatable bonds is 0. The smallest absolute Gasteiger partial charge is 0.0443 e. The van der Waals surface area contributed by atoms with Crippen LogP contribution in [0.2, 0.25) is 0 Å². The first kappa shape index (κ1) is 4.52. The summed E-state index contributed by atoms with van der Waals surface area (Å²) >= 11 is 0. The molecule has 1 aliphatic heterocycles. The van der Waals surface area contributed by atoms with Crippen LogP contribution in [0.5, 0.6) is 0 Å². The molecule has 0 unspecified atom stereocenters. The van der Waals surface area contributed by atoms with E-state index >= 15 is 0 Å². The third kappa shape index (κ3) is 1.12. The van der Waals surface area contributed by atoms with Gasteiger partial charge in [-0.15, -0.1) is 0 Å². The van der Waals surface area contributed by atoms with E-state index in [1.807, 2.05) is 0 Å². The van der Waals surface area contributed by atoms with Gasteiger partial charge in [-0.2, -0.15) is 0 Å². The minimum Gasteiger partial charge on any atom is -0.331 e. The molecule has 7 heavy (non-hydrogen) atoms. The second-order valence-electron chi connectivity index (χ2n) is 1.66. The molecule has 0 aromatic heterocycles. The fourth-order valence-electron chi connectivity index (χ4n) is 0.582. The molecule has 0 spiro atoms. The topological polar surface area (TPSA) is 3.24 Å². The highest BCUT2D eigenvalue weighted by atomic mass is 15.1. The highest BCUT2D eigenvalue weighted by Crippen LogP contribution is 1.95. The first-order valence-electron chi connectivity index (χ1n) is 2.46. The summed E-state index contributed by atoms with van der Waals surface area (Å²) in [6, 6.07) is 2.85. The first-order chi connectivity index (χ1) is 3.39.